The molecule has 0 aliphatic carbocycles. The minimum Gasteiger partial charge on any atom is -0.873 e. The van der Waals surface area contributed by atoms with E-state index >= 15 is 0 Å². The van der Waals surface area contributed by atoms with Crippen LogP contribution in [-0.2, 0) is 0 Å². The van der Waals surface area contributed by atoms with Gasteiger partial charge in [0.15, 0.2) is 0 Å². The van der Waals surface area contributed by atoms with Crippen molar-refractivity contribution in [3.05, 3.63) is 233 Å². The monoisotopic (exact) mass is 1390 g/mol. The molecule has 0 fully saturated rings. The van der Waals surface area contributed by atoms with Crippen LogP contribution in [0.25, 0.3) is 0 Å². The number of hydrogen-bond donors (Lipinski definition) is 0. The first-order chi connectivity index (χ1) is 31.8. The summed E-state index contributed by atoms with van der Waals surface area (Å²) in [5, 5.41) is 41.2. The van der Waals surface area contributed by atoms with E-state index < -0.39 is 23.0 Å². The molecule has 8 aromatic carbocycles. The summed E-state index contributed by atoms with van der Waals surface area (Å²) in [5.74, 6) is -1.75. The number of hydrogen-bond acceptors (Lipinski definition) is 4. The minimum atomic E-state index is -0.437. The standard InChI is InChI=1S/4C10H15.2C6H6O2.2C6H6.2U/c4*1-6-7(2)9(4)10(5)8(6)3;2*7-5-3-1-2-4-6(5)8;2*1-2-4-6-5-3-1;;/h4*1-5H3;2*1-4,7-8H;2*1-6H;;/q4*-1;;;;;2*+4/p-4. The Hall–Kier alpha value is -4.42. The topological polar surface area (TPSA) is 92.2 Å². The van der Waals surface area contributed by atoms with Crippen LogP contribution in [0.5, 0.6) is 23.0 Å². The second-order valence-electron chi connectivity index (χ2n) is 17.7. The van der Waals surface area contributed by atoms with Gasteiger partial charge in [-0.2, -0.15) is 111 Å². The molecule has 0 aromatic heterocycles. The summed E-state index contributed by atoms with van der Waals surface area (Å²) in [6.07, 6.45) is 0. The summed E-state index contributed by atoms with van der Waals surface area (Å²) in [5.41, 5.74) is 29.4. The summed E-state index contributed by atoms with van der Waals surface area (Å²) in [7, 11) is 0. The summed E-state index contributed by atoms with van der Waals surface area (Å²) in [6.45, 7) is 44.0. The van der Waals surface area contributed by atoms with Crippen LogP contribution in [0.15, 0.2) is 121 Å². The minimum absolute atomic E-state index is 0. The maximum Gasteiger partial charge on any atom is 4.00 e. The fourth-order valence-corrected chi connectivity index (χ4v) is 7.30. The summed E-state index contributed by atoms with van der Waals surface area (Å²) < 4.78 is 0. The van der Waals surface area contributed by atoms with Crippen molar-refractivity contribution >= 4 is 0 Å². The molecule has 0 unspecified atom stereocenters. The zero-order chi connectivity index (χ0) is 52.0. The molecular formula is C64H80O4U2. The summed E-state index contributed by atoms with van der Waals surface area (Å²) in [6, 6.07) is 35.2. The quantitative estimate of drug-likeness (QED) is 0.141. The Morgan fingerprint density at radius 1 is 0.214 bits per heavy atom. The third-order valence-corrected chi connectivity index (χ3v) is 14.3. The maximum absolute atomic E-state index is 10.3. The Morgan fingerprint density at radius 3 is 0.371 bits per heavy atom. The first-order valence-electron chi connectivity index (χ1n) is 23.5. The normalized spacial score (nSPS) is 9.43. The van der Waals surface area contributed by atoms with E-state index in [0.717, 1.165) is 0 Å². The SMILES string of the molecule is Cc1c(C)c(C)[c-](C)c1C.Cc1c(C)c(C)[c-](C)c1C.Cc1c(C)c(C)[c-](C)c1C.Cc1c(C)c(C)[c-](C)c1C.[O-]c1ccccc1[O-].[O-]c1ccccc1[O-].[U+4].[U+4].c1ccccc1.c1ccccc1. The van der Waals surface area contributed by atoms with E-state index in [1.807, 2.05) is 72.8 Å². The van der Waals surface area contributed by atoms with Crippen LogP contribution >= 0.6 is 0 Å². The van der Waals surface area contributed by atoms with Crippen LogP contribution in [0.3, 0.4) is 0 Å². The van der Waals surface area contributed by atoms with Gasteiger partial charge in [-0.25, -0.2) is 0 Å². The van der Waals surface area contributed by atoms with E-state index in [0.29, 0.717) is 0 Å². The van der Waals surface area contributed by atoms with Gasteiger partial charge >= 0.3 is 62.2 Å². The molecule has 4 nitrogen and oxygen atoms in total. The first kappa shape index (κ1) is 67.7. The van der Waals surface area contributed by atoms with Gasteiger partial charge in [-0.15, -0.1) is 23.0 Å². The fraction of sp³-hybridized carbons (Fsp3) is 0.312. The van der Waals surface area contributed by atoms with E-state index in [9.17, 15) is 20.4 Å². The second-order valence-corrected chi connectivity index (χ2v) is 17.7. The van der Waals surface area contributed by atoms with Crippen molar-refractivity contribution in [2.24, 2.45) is 0 Å². The Kier molecular flexibility index (Phi) is 32.9. The fourth-order valence-electron chi connectivity index (χ4n) is 7.30. The largest absolute Gasteiger partial charge is 4.00 e. The zero-order valence-electron chi connectivity index (χ0n) is 46.2. The molecule has 368 valence electrons. The van der Waals surface area contributed by atoms with Gasteiger partial charge in [0.2, 0.25) is 0 Å². The molecule has 0 heterocycles. The van der Waals surface area contributed by atoms with Crippen LogP contribution in [0.4, 0.5) is 0 Å². The van der Waals surface area contributed by atoms with Crippen molar-refractivity contribution < 1.29 is 82.7 Å². The van der Waals surface area contributed by atoms with Crippen LogP contribution in [0, 0.1) is 201 Å². The van der Waals surface area contributed by atoms with E-state index in [1.54, 1.807) is 24.3 Å². The first-order valence-corrected chi connectivity index (χ1v) is 23.5. The van der Waals surface area contributed by atoms with Crippen LogP contribution < -0.4 is 20.4 Å². The Labute approximate surface area is 472 Å². The number of para-hydroxylation sites is 4. The molecule has 8 aromatic rings. The van der Waals surface area contributed by atoms with Crippen molar-refractivity contribution in [2.75, 3.05) is 0 Å². The van der Waals surface area contributed by atoms with Gasteiger partial charge in [0.05, 0.1) is 0 Å². The van der Waals surface area contributed by atoms with E-state index in [2.05, 4.69) is 138 Å². The van der Waals surface area contributed by atoms with E-state index in [1.165, 1.54) is 136 Å². The molecule has 70 heavy (non-hydrogen) atoms. The molecule has 8 rings (SSSR count). The van der Waals surface area contributed by atoms with Gasteiger partial charge in [-0.3, -0.25) is 0 Å². The van der Waals surface area contributed by atoms with Gasteiger partial charge in [0.1, 0.15) is 0 Å². The molecule has 0 aliphatic heterocycles. The van der Waals surface area contributed by atoms with Crippen molar-refractivity contribution in [1.29, 1.82) is 0 Å². The third kappa shape index (κ3) is 20.7. The molecule has 0 bridgehead atoms. The molecule has 6 heteroatoms. The molecule has 0 atom stereocenters. The summed E-state index contributed by atoms with van der Waals surface area (Å²) >= 11 is 0. The molecule has 0 saturated carbocycles. The molecule has 0 N–H and O–H groups in total. The molecule has 0 aliphatic rings. The van der Waals surface area contributed by atoms with Gasteiger partial charge in [-0.1, -0.05) is 260 Å². The second kappa shape index (κ2) is 34.0. The van der Waals surface area contributed by atoms with Crippen molar-refractivity contribution in [2.45, 2.75) is 138 Å². The van der Waals surface area contributed by atoms with Gasteiger partial charge in [-0.05, 0) is 0 Å². The predicted octanol–water partition coefficient (Wildman–Crippen LogP) is 14.8. The Bertz CT molecular complexity index is 1990. The van der Waals surface area contributed by atoms with E-state index in [-0.39, 0.29) is 62.2 Å². The molecule has 0 saturated heterocycles. The predicted molar refractivity (Wildman–Crippen MR) is 286 cm³/mol. The smallest absolute Gasteiger partial charge is 0.873 e. The van der Waals surface area contributed by atoms with Gasteiger partial charge in [0, 0.05) is 0 Å². The maximum atomic E-state index is 10.3. The molecule has 0 spiro atoms. The Balaban J connectivity index is 0. The van der Waals surface area contributed by atoms with Crippen molar-refractivity contribution in [3.63, 3.8) is 0 Å². The summed E-state index contributed by atoms with van der Waals surface area (Å²) in [4.78, 5) is 0. The molecule has 0 radical (unpaired) electrons. The Morgan fingerprint density at radius 2 is 0.314 bits per heavy atom. The van der Waals surface area contributed by atoms with E-state index in [4.69, 9.17) is 0 Å². The van der Waals surface area contributed by atoms with Crippen LogP contribution in [0.1, 0.15) is 111 Å². The van der Waals surface area contributed by atoms with Gasteiger partial charge in [0.25, 0.3) is 0 Å². The molecular weight excluding hydrogens is 1310 g/mol. The van der Waals surface area contributed by atoms with Crippen molar-refractivity contribution in [1.82, 2.24) is 0 Å². The van der Waals surface area contributed by atoms with Crippen LogP contribution in [-0.4, -0.2) is 0 Å². The zero-order valence-corrected chi connectivity index (χ0v) is 54.5. The van der Waals surface area contributed by atoms with Crippen LogP contribution in [0.2, 0.25) is 0 Å². The average molecular weight is 1390 g/mol. The average Bonchev–Trinajstić information content (AvgIpc) is 3.79. The number of rotatable bonds is 0. The molecule has 0 amide bonds. The van der Waals surface area contributed by atoms with Crippen molar-refractivity contribution in [3.8, 4) is 23.0 Å². The number of benzene rings is 4. The third-order valence-electron chi connectivity index (χ3n) is 14.3. The van der Waals surface area contributed by atoms with Gasteiger partial charge < -0.3 is 20.4 Å².